The van der Waals surface area contributed by atoms with Crippen LogP contribution in [-0.2, 0) is 0 Å². The summed E-state index contributed by atoms with van der Waals surface area (Å²) in [6.07, 6.45) is 0. The Labute approximate surface area is 91.8 Å². The number of hydrogen-bond donors (Lipinski definition) is 0. The van der Waals surface area contributed by atoms with E-state index in [0.29, 0.717) is 12.1 Å². The summed E-state index contributed by atoms with van der Waals surface area (Å²) in [4.78, 5) is 14.5. The van der Waals surface area contributed by atoms with Gasteiger partial charge in [0.05, 0.1) is 17.0 Å². The van der Waals surface area contributed by atoms with E-state index < -0.39 is 4.92 Å². The topological polar surface area (TPSA) is 65.3 Å². The molecule has 1 aromatic heterocycles. The minimum absolute atomic E-state index is 0.0752. The van der Waals surface area contributed by atoms with Crippen LogP contribution in [0.15, 0.2) is 30.3 Å². The molecule has 5 nitrogen and oxygen atoms in total. The molecule has 0 aliphatic carbocycles. The zero-order chi connectivity index (χ0) is 11.5. The molecule has 16 heavy (non-hydrogen) atoms. The molecule has 0 atom stereocenters. The van der Waals surface area contributed by atoms with E-state index in [1.165, 1.54) is 6.07 Å². The third kappa shape index (κ3) is 1.79. The van der Waals surface area contributed by atoms with Gasteiger partial charge in [0.2, 0.25) is 0 Å². The molecule has 0 N–H and O–H groups in total. The van der Waals surface area contributed by atoms with Gasteiger partial charge < -0.3 is 4.74 Å². The van der Waals surface area contributed by atoms with Gasteiger partial charge >= 0.3 is 5.69 Å². The highest BCUT2D eigenvalue weighted by Crippen LogP contribution is 2.28. The van der Waals surface area contributed by atoms with Gasteiger partial charge in [0, 0.05) is 11.5 Å². The second kappa shape index (κ2) is 4.14. The lowest BCUT2D eigenvalue weighted by molar-refractivity contribution is -0.386. The number of para-hydroxylation sites is 1. The lowest BCUT2D eigenvalue weighted by atomic mass is 10.2. The summed E-state index contributed by atoms with van der Waals surface area (Å²) >= 11 is 0. The molecule has 5 heteroatoms. The molecule has 0 bridgehead atoms. The van der Waals surface area contributed by atoms with Gasteiger partial charge in [-0.05, 0) is 13.0 Å². The molecule has 0 aliphatic rings. The first kappa shape index (κ1) is 10.4. The summed E-state index contributed by atoms with van der Waals surface area (Å²) in [5.74, 6) is 0.0752. The summed E-state index contributed by atoms with van der Waals surface area (Å²) in [7, 11) is 0. The highest BCUT2D eigenvalue weighted by atomic mass is 16.6. The van der Waals surface area contributed by atoms with E-state index in [4.69, 9.17) is 4.74 Å². The van der Waals surface area contributed by atoms with E-state index in [1.54, 1.807) is 19.1 Å². The van der Waals surface area contributed by atoms with E-state index in [-0.39, 0.29) is 11.6 Å². The number of ether oxygens (including phenoxy) is 1. The maximum atomic E-state index is 10.8. The number of rotatable bonds is 3. The van der Waals surface area contributed by atoms with Crippen LogP contribution in [0.2, 0.25) is 0 Å². The van der Waals surface area contributed by atoms with Crippen LogP contribution in [0.1, 0.15) is 6.92 Å². The molecular formula is C11H10N2O3. The van der Waals surface area contributed by atoms with Crippen LogP contribution < -0.4 is 4.74 Å². The summed E-state index contributed by atoms with van der Waals surface area (Å²) in [5.41, 5.74) is 0.595. The van der Waals surface area contributed by atoms with Crippen molar-refractivity contribution < 1.29 is 9.66 Å². The van der Waals surface area contributed by atoms with Crippen molar-refractivity contribution in [2.75, 3.05) is 6.61 Å². The molecule has 0 fully saturated rings. The Morgan fingerprint density at radius 2 is 2.19 bits per heavy atom. The van der Waals surface area contributed by atoms with Crippen LogP contribution in [0, 0.1) is 10.1 Å². The quantitative estimate of drug-likeness (QED) is 0.586. The molecule has 0 aliphatic heterocycles. The maximum Gasteiger partial charge on any atom is 0.331 e. The fraction of sp³-hybridized carbons (Fsp3) is 0.182. The van der Waals surface area contributed by atoms with E-state index in [0.717, 1.165) is 5.39 Å². The summed E-state index contributed by atoms with van der Waals surface area (Å²) < 4.78 is 5.15. The SMILES string of the molecule is CCOc1nc2ccccc2cc1[N+](=O)[O-]. The van der Waals surface area contributed by atoms with Crippen LogP contribution >= 0.6 is 0 Å². The van der Waals surface area contributed by atoms with Gasteiger partial charge in [-0.1, -0.05) is 18.2 Å². The highest BCUT2D eigenvalue weighted by molar-refractivity contribution is 5.82. The van der Waals surface area contributed by atoms with Crippen LogP contribution in [0.25, 0.3) is 10.9 Å². The van der Waals surface area contributed by atoms with Crippen LogP contribution in [0.3, 0.4) is 0 Å². The Morgan fingerprint density at radius 3 is 2.88 bits per heavy atom. The van der Waals surface area contributed by atoms with E-state index in [2.05, 4.69) is 4.98 Å². The lowest BCUT2D eigenvalue weighted by Crippen LogP contribution is -2.00. The predicted molar refractivity (Wildman–Crippen MR) is 59.6 cm³/mol. The first-order valence-corrected chi connectivity index (χ1v) is 4.89. The molecule has 2 rings (SSSR count). The summed E-state index contributed by atoms with van der Waals surface area (Å²) in [6, 6.07) is 8.70. The minimum Gasteiger partial charge on any atom is -0.473 e. The zero-order valence-electron chi connectivity index (χ0n) is 8.71. The van der Waals surface area contributed by atoms with Crippen LogP contribution in [-0.4, -0.2) is 16.5 Å². The smallest absolute Gasteiger partial charge is 0.331 e. The first-order valence-electron chi connectivity index (χ1n) is 4.89. The van der Waals surface area contributed by atoms with E-state index >= 15 is 0 Å². The second-order valence-electron chi connectivity index (χ2n) is 3.20. The van der Waals surface area contributed by atoms with Crippen molar-refractivity contribution in [3.63, 3.8) is 0 Å². The van der Waals surface area contributed by atoms with Crippen molar-refractivity contribution >= 4 is 16.6 Å². The van der Waals surface area contributed by atoms with Gasteiger partial charge in [-0.15, -0.1) is 0 Å². The maximum absolute atomic E-state index is 10.8. The monoisotopic (exact) mass is 218 g/mol. The van der Waals surface area contributed by atoms with Crippen molar-refractivity contribution in [3.8, 4) is 5.88 Å². The molecule has 82 valence electrons. The van der Waals surface area contributed by atoms with Gasteiger partial charge in [-0.2, -0.15) is 0 Å². The average Bonchev–Trinajstić information content (AvgIpc) is 2.28. The van der Waals surface area contributed by atoms with Gasteiger partial charge in [0.25, 0.3) is 5.88 Å². The van der Waals surface area contributed by atoms with Gasteiger partial charge in [-0.3, -0.25) is 10.1 Å². The van der Waals surface area contributed by atoms with E-state index in [9.17, 15) is 10.1 Å². The fourth-order valence-electron chi connectivity index (χ4n) is 1.46. The van der Waals surface area contributed by atoms with Crippen molar-refractivity contribution in [1.29, 1.82) is 0 Å². The molecule has 0 saturated carbocycles. The van der Waals surface area contributed by atoms with Gasteiger partial charge in [0.15, 0.2) is 0 Å². The van der Waals surface area contributed by atoms with Crippen molar-refractivity contribution in [3.05, 3.63) is 40.4 Å². The number of nitro groups is 1. The Hall–Kier alpha value is -2.17. The molecule has 0 amide bonds. The Bertz CT molecular complexity index is 540. The van der Waals surface area contributed by atoms with Gasteiger partial charge in [-0.25, -0.2) is 4.98 Å². The molecule has 0 unspecified atom stereocenters. The number of hydrogen-bond acceptors (Lipinski definition) is 4. The normalized spacial score (nSPS) is 10.3. The van der Waals surface area contributed by atoms with Gasteiger partial charge in [0.1, 0.15) is 0 Å². The number of pyridine rings is 1. The molecule has 0 saturated heterocycles. The van der Waals surface area contributed by atoms with Crippen molar-refractivity contribution in [1.82, 2.24) is 4.98 Å². The summed E-state index contributed by atoms with van der Waals surface area (Å²) in [6.45, 7) is 2.12. The van der Waals surface area contributed by atoms with E-state index in [1.807, 2.05) is 12.1 Å². The van der Waals surface area contributed by atoms with Crippen LogP contribution in [0.4, 0.5) is 5.69 Å². The average molecular weight is 218 g/mol. The first-order chi connectivity index (χ1) is 7.72. The Morgan fingerprint density at radius 1 is 1.44 bits per heavy atom. The third-order valence-electron chi connectivity index (χ3n) is 2.15. The Balaban J connectivity index is 2.65. The second-order valence-corrected chi connectivity index (χ2v) is 3.20. The summed E-state index contributed by atoms with van der Waals surface area (Å²) in [5, 5.41) is 11.6. The molecular weight excluding hydrogens is 208 g/mol. The predicted octanol–water partition coefficient (Wildman–Crippen LogP) is 2.54. The minimum atomic E-state index is -0.482. The molecule has 0 spiro atoms. The van der Waals surface area contributed by atoms with Crippen molar-refractivity contribution in [2.24, 2.45) is 0 Å². The van der Waals surface area contributed by atoms with Crippen LogP contribution in [0.5, 0.6) is 5.88 Å². The zero-order valence-corrected chi connectivity index (χ0v) is 8.71. The number of aromatic nitrogens is 1. The lowest BCUT2D eigenvalue weighted by Gasteiger charge is -2.04. The number of benzene rings is 1. The number of fused-ring (bicyclic) bond motifs is 1. The standard InChI is InChI=1S/C11H10N2O3/c1-2-16-11-10(13(14)15)7-8-5-3-4-6-9(8)12-11/h3-7H,2H2,1H3. The molecule has 1 heterocycles. The molecule has 0 radical (unpaired) electrons. The fourth-order valence-corrected chi connectivity index (χ4v) is 1.46. The number of nitrogens with zero attached hydrogens (tertiary/aromatic N) is 2. The molecule has 1 aromatic carbocycles. The molecule has 2 aromatic rings. The van der Waals surface area contributed by atoms with Crippen molar-refractivity contribution in [2.45, 2.75) is 6.92 Å². The Kier molecular flexibility index (Phi) is 2.68. The highest BCUT2D eigenvalue weighted by Gasteiger charge is 2.17. The largest absolute Gasteiger partial charge is 0.473 e. The third-order valence-corrected chi connectivity index (χ3v) is 2.15.